The summed E-state index contributed by atoms with van der Waals surface area (Å²) in [5.41, 5.74) is 3.56. The zero-order valence-corrected chi connectivity index (χ0v) is 10.7. The van der Waals surface area contributed by atoms with Gasteiger partial charge in [-0.2, -0.15) is 0 Å². The van der Waals surface area contributed by atoms with Crippen LogP contribution in [0.4, 0.5) is 0 Å². The summed E-state index contributed by atoms with van der Waals surface area (Å²) in [7, 11) is 0. The largest absolute Gasteiger partial charge is 0.460 e. The van der Waals surface area contributed by atoms with Crippen molar-refractivity contribution >= 4 is 5.91 Å². The number of carbonyl (C=O) groups excluding carboxylic acids is 1. The Labute approximate surface area is 101 Å². The van der Waals surface area contributed by atoms with Gasteiger partial charge in [-0.05, 0) is 34.1 Å². The fraction of sp³-hybridized carbons (Fsp3) is 0.583. The highest BCUT2D eigenvalue weighted by molar-refractivity contribution is 5.82. The SMILES string of the molecule is CC1=C(C)OC(CCC(C)(O)C(N)=O)=C(C)O1. The van der Waals surface area contributed by atoms with Crippen LogP contribution in [-0.2, 0) is 14.3 Å². The summed E-state index contributed by atoms with van der Waals surface area (Å²) in [5, 5.41) is 9.72. The zero-order valence-electron chi connectivity index (χ0n) is 10.7. The molecule has 17 heavy (non-hydrogen) atoms. The quantitative estimate of drug-likeness (QED) is 0.782. The summed E-state index contributed by atoms with van der Waals surface area (Å²) in [6, 6.07) is 0. The van der Waals surface area contributed by atoms with Crippen molar-refractivity contribution in [1.29, 1.82) is 0 Å². The van der Waals surface area contributed by atoms with Crippen LogP contribution in [0.15, 0.2) is 23.0 Å². The topological polar surface area (TPSA) is 81.8 Å². The van der Waals surface area contributed by atoms with Crippen molar-refractivity contribution in [3.63, 3.8) is 0 Å². The summed E-state index contributed by atoms with van der Waals surface area (Å²) in [4.78, 5) is 11.0. The Kier molecular flexibility index (Phi) is 3.83. The van der Waals surface area contributed by atoms with Crippen LogP contribution in [0.25, 0.3) is 0 Å². The second-order valence-electron chi connectivity index (χ2n) is 4.43. The minimum atomic E-state index is -1.53. The highest BCUT2D eigenvalue weighted by Gasteiger charge is 2.29. The van der Waals surface area contributed by atoms with Crippen molar-refractivity contribution in [2.75, 3.05) is 0 Å². The summed E-state index contributed by atoms with van der Waals surface area (Å²) >= 11 is 0. The second kappa shape index (κ2) is 4.79. The van der Waals surface area contributed by atoms with Crippen LogP contribution in [0, 0.1) is 0 Å². The molecule has 96 valence electrons. The van der Waals surface area contributed by atoms with Gasteiger partial charge in [0.2, 0.25) is 5.91 Å². The van der Waals surface area contributed by atoms with Gasteiger partial charge >= 0.3 is 0 Å². The van der Waals surface area contributed by atoms with E-state index < -0.39 is 11.5 Å². The van der Waals surface area contributed by atoms with E-state index in [1.54, 1.807) is 13.8 Å². The summed E-state index contributed by atoms with van der Waals surface area (Å²) < 4.78 is 11.0. The fourth-order valence-electron chi connectivity index (χ4n) is 1.39. The maximum Gasteiger partial charge on any atom is 0.249 e. The van der Waals surface area contributed by atoms with E-state index in [2.05, 4.69) is 0 Å². The maximum absolute atomic E-state index is 11.0. The molecular formula is C12H19NO4. The number of ether oxygens (including phenoxy) is 2. The molecule has 5 nitrogen and oxygen atoms in total. The molecule has 0 radical (unpaired) electrons. The third-order valence-corrected chi connectivity index (χ3v) is 2.84. The van der Waals surface area contributed by atoms with E-state index in [1.807, 2.05) is 6.92 Å². The molecule has 0 aliphatic carbocycles. The first kappa shape index (κ1) is 13.6. The summed E-state index contributed by atoms with van der Waals surface area (Å²) in [5.74, 6) is 1.93. The van der Waals surface area contributed by atoms with Crippen LogP contribution in [0.5, 0.6) is 0 Å². The molecule has 1 heterocycles. The van der Waals surface area contributed by atoms with Gasteiger partial charge in [0.1, 0.15) is 28.6 Å². The van der Waals surface area contributed by atoms with Crippen LogP contribution >= 0.6 is 0 Å². The van der Waals surface area contributed by atoms with Gasteiger partial charge in [0, 0.05) is 6.42 Å². The Hall–Kier alpha value is -1.49. The number of primary amides is 1. The molecule has 1 amide bonds. The average molecular weight is 241 g/mol. The van der Waals surface area contributed by atoms with Gasteiger partial charge in [-0.25, -0.2) is 0 Å². The van der Waals surface area contributed by atoms with E-state index in [0.717, 1.165) is 0 Å². The molecule has 0 aromatic rings. The Morgan fingerprint density at radius 1 is 1.24 bits per heavy atom. The standard InChI is InChI=1S/C12H19NO4/c1-7-8(2)17-10(9(3)16-7)5-6-12(4,15)11(13)14/h15H,5-6H2,1-4H3,(H2,13,14). The molecule has 3 N–H and O–H groups in total. The molecule has 5 heteroatoms. The molecule has 0 spiro atoms. The molecule has 1 aliphatic heterocycles. The lowest BCUT2D eigenvalue weighted by atomic mass is 9.98. The lowest BCUT2D eigenvalue weighted by Crippen LogP contribution is -2.40. The van der Waals surface area contributed by atoms with E-state index in [-0.39, 0.29) is 6.42 Å². The van der Waals surface area contributed by atoms with Crippen molar-refractivity contribution in [3.8, 4) is 0 Å². The van der Waals surface area contributed by atoms with Gasteiger partial charge in [-0.1, -0.05) is 0 Å². The third kappa shape index (κ3) is 3.23. The number of nitrogens with two attached hydrogens (primary N) is 1. The minimum absolute atomic E-state index is 0.199. The first-order chi connectivity index (χ1) is 7.74. The predicted octanol–water partition coefficient (Wildman–Crippen LogP) is 1.53. The molecule has 0 fully saturated rings. The first-order valence-electron chi connectivity index (χ1n) is 5.49. The lowest BCUT2D eigenvalue weighted by Gasteiger charge is -2.24. The second-order valence-corrected chi connectivity index (χ2v) is 4.43. The Bertz CT molecular complexity index is 393. The Morgan fingerprint density at radius 2 is 1.76 bits per heavy atom. The molecule has 1 atom stereocenters. The van der Waals surface area contributed by atoms with Crippen molar-refractivity contribution in [3.05, 3.63) is 23.0 Å². The van der Waals surface area contributed by atoms with Crippen molar-refractivity contribution in [2.45, 2.75) is 46.1 Å². The van der Waals surface area contributed by atoms with Crippen molar-refractivity contribution < 1.29 is 19.4 Å². The smallest absolute Gasteiger partial charge is 0.249 e. The van der Waals surface area contributed by atoms with E-state index >= 15 is 0 Å². The number of allylic oxidation sites excluding steroid dienone is 4. The predicted molar refractivity (Wildman–Crippen MR) is 62.3 cm³/mol. The molecule has 0 saturated carbocycles. The molecular weight excluding hydrogens is 222 g/mol. The van der Waals surface area contributed by atoms with Crippen LogP contribution in [0.3, 0.4) is 0 Å². The maximum atomic E-state index is 11.0. The van der Waals surface area contributed by atoms with Crippen molar-refractivity contribution in [1.82, 2.24) is 0 Å². The molecule has 0 saturated heterocycles. The number of hydrogen-bond acceptors (Lipinski definition) is 4. The molecule has 1 rings (SSSR count). The normalized spacial score (nSPS) is 19.6. The number of amides is 1. The van der Waals surface area contributed by atoms with Gasteiger partial charge in [0.25, 0.3) is 0 Å². The van der Waals surface area contributed by atoms with Gasteiger partial charge in [-0.3, -0.25) is 4.79 Å². The summed E-state index contributed by atoms with van der Waals surface area (Å²) in [6.07, 6.45) is 0.594. The number of aliphatic hydroxyl groups is 1. The number of hydrogen-bond donors (Lipinski definition) is 2. The monoisotopic (exact) mass is 241 g/mol. The summed E-state index contributed by atoms with van der Waals surface area (Å²) in [6.45, 7) is 6.79. The molecule has 0 aromatic heterocycles. The van der Waals surface area contributed by atoms with E-state index in [0.29, 0.717) is 29.5 Å². The fourth-order valence-corrected chi connectivity index (χ4v) is 1.39. The van der Waals surface area contributed by atoms with Gasteiger partial charge in [0.05, 0.1) is 0 Å². The zero-order chi connectivity index (χ0) is 13.2. The van der Waals surface area contributed by atoms with Gasteiger partial charge in [-0.15, -0.1) is 0 Å². The highest BCUT2D eigenvalue weighted by Crippen LogP contribution is 2.28. The van der Waals surface area contributed by atoms with E-state index in [9.17, 15) is 9.90 Å². The Morgan fingerprint density at radius 3 is 2.29 bits per heavy atom. The Balaban J connectivity index is 2.65. The molecule has 1 unspecified atom stereocenters. The van der Waals surface area contributed by atoms with Crippen LogP contribution in [0.2, 0.25) is 0 Å². The molecule has 1 aliphatic rings. The van der Waals surface area contributed by atoms with Crippen LogP contribution in [0.1, 0.15) is 40.5 Å². The minimum Gasteiger partial charge on any atom is -0.460 e. The third-order valence-electron chi connectivity index (χ3n) is 2.84. The van der Waals surface area contributed by atoms with Crippen LogP contribution < -0.4 is 5.73 Å². The highest BCUT2D eigenvalue weighted by atomic mass is 16.6. The number of rotatable bonds is 4. The van der Waals surface area contributed by atoms with Gasteiger partial charge in [0.15, 0.2) is 0 Å². The van der Waals surface area contributed by atoms with Gasteiger partial charge < -0.3 is 20.3 Å². The van der Waals surface area contributed by atoms with E-state index in [1.165, 1.54) is 6.92 Å². The van der Waals surface area contributed by atoms with Crippen LogP contribution in [-0.4, -0.2) is 16.6 Å². The average Bonchev–Trinajstić information content (AvgIpc) is 2.21. The molecule has 0 bridgehead atoms. The lowest BCUT2D eigenvalue weighted by molar-refractivity contribution is -0.135. The molecule has 0 aromatic carbocycles. The van der Waals surface area contributed by atoms with E-state index in [4.69, 9.17) is 15.2 Å². The number of carbonyl (C=O) groups is 1. The first-order valence-corrected chi connectivity index (χ1v) is 5.49. The van der Waals surface area contributed by atoms with Crippen molar-refractivity contribution in [2.24, 2.45) is 5.73 Å².